The minimum absolute atomic E-state index is 0.0445. The highest BCUT2D eigenvalue weighted by molar-refractivity contribution is 5.79. The second-order valence-corrected chi connectivity index (χ2v) is 7.74. The number of aryl methyl sites for hydroxylation is 2. The third kappa shape index (κ3) is 5.68. The van der Waals surface area contributed by atoms with Gasteiger partial charge in [-0.15, -0.1) is 0 Å². The molecule has 2 saturated heterocycles. The van der Waals surface area contributed by atoms with Gasteiger partial charge in [-0.2, -0.15) is 13.2 Å². The number of furan rings is 1. The van der Waals surface area contributed by atoms with Crippen LogP contribution in [0.15, 0.2) is 27.3 Å². The van der Waals surface area contributed by atoms with E-state index in [9.17, 15) is 18.0 Å². The lowest BCUT2D eigenvalue weighted by molar-refractivity contribution is -0.192. The first-order chi connectivity index (χ1) is 15.1. The molecule has 0 aromatic carbocycles. The van der Waals surface area contributed by atoms with E-state index in [2.05, 4.69) is 15.4 Å². The molecule has 32 heavy (non-hydrogen) atoms. The number of carboxylic acids is 1. The number of carboxylic acid groups (broad SMARTS) is 1. The van der Waals surface area contributed by atoms with Gasteiger partial charge in [-0.1, -0.05) is 5.16 Å². The van der Waals surface area contributed by atoms with Crippen LogP contribution in [0.3, 0.4) is 0 Å². The average Bonchev–Trinajstić information content (AvgIpc) is 3.48. The van der Waals surface area contributed by atoms with Crippen molar-refractivity contribution in [1.29, 1.82) is 0 Å². The first-order valence-corrected chi connectivity index (χ1v) is 9.92. The number of nitrogens with zero attached hydrogens (tertiary/aromatic N) is 2. The molecule has 2 N–H and O–H groups in total. The SMILES string of the molecule is Cc1noc(C)c1CN1C[C@@H]2[C@@H](C(=O)NCc3ccco3)CO[C@@H]2C1.O=C(O)C(F)(F)F. The summed E-state index contributed by atoms with van der Waals surface area (Å²) in [4.78, 5) is 23.8. The summed E-state index contributed by atoms with van der Waals surface area (Å²) < 4.78 is 48.1. The van der Waals surface area contributed by atoms with Gasteiger partial charge in [0.15, 0.2) is 0 Å². The molecule has 1 amide bonds. The van der Waals surface area contributed by atoms with Crippen molar-refractivity contribution in [1.82, 2.24) is 15.4 Å². The summed E-state index contributed by atoms with van der Waals surface area (Å²) in [6.45, 7) is 7.31. The zero-order valence-corrected chi connectivity index (χ0v) is 17.5. The number of nitrogens with one attached hydrogen (secondary N) is 1. The van der Waals surface area contributed by atoms with Gasteiger partial charge in [-0.3, -0.25) is 9.69 Å². The van der Waals surface area contributed by atoms with Crippen LogP contribution in [0.25, 0.3) is 0 Å². The van der Waals surface area contributed by atoms with Crippen LogP contribution in [0.1, 0.15) is 22.8 Å². The Kier molecular flexibility index (Phi) is 7.24. The molecule has 4 rings (SSSR count). The molecule has 12 heteroatoms. The lowest BCUT2D eigenvalue weighted by Crippen LogP contribution is -2.36. The average molecular weight is 459 g/mol. The molecule has 0 saturated carbocycles. The van der Waals surface area contributed by atoms with E-state index in [-0.39, 0.29) is 23.8 Å². The maximum absolute atomic E-state index is 12.5. The van der Waals surface area contributed by atoms with Crippen molar-refractivity contribution in [3.05, 3.63) is 41.2 Å². The fraction of sp³-hybridized carbons (Fsp3) is 0.550. The Hall–Kier alpha value is -2.86. The van der Waals surface area contributed by atoms with E-state index >= 15 is 0 Å². The van der Waals surface area contributed by atoms with Crippen LogP contribution < -0.4 is 5.32 Å². The number of fused-ring (bicyclic) bond motifs is 1. The van der Waals surface area contributed by atoms with Crippen LogP contribution in [-0.2, 0) is 27.4 Å². The van der Waals surface area contributed by atoms with E-state index in [0.717, 1.165) is 42.4 Å². The van der Waals surface area contributed by atoms with Crippen molar-refractivity contribution in [2.45, 2.75) is 39.2 Å². The minimum Gasteiger partial charge on any atom is -0.475 e. The van der Waals surface area contributed by atoms with Crippen molar-refractivity contribution in [3.63, 3.8) is 0 Å². The van der Waals surface area contributed by atoms with Crippen molar-refractivity contribution >= 4 is 11.9 Å². The number of halogens is 3. The van der Waals surface area contributed by atoms with E-state index in [1.165, 1.54) is 0 Å². The molecule has 2 aromatic rings. The number of rotatable bonds is 5. The van der Waals surface area contributed by atoms with Crippen LogP contribution in [0.5, 0.6) is 0 Å². The number of aliphatic carboxylic acids is 1. The van der Waals surface area contributed by atoms with Gasteiger partial charge in [0.1, 0.15) is 11.5 Å². The molecular weight excluding hydrogens is 435 g/mol. The Bertz CT molecular complexity index is 908. The standard InChI is InChI=1S/C18H23N3O4.C2HF3O2/c1-11-14(12(2)25-20-11)7-21-8-15-16(10-24-17(15)9-21)18(22)19-6-13-4-3-5-23-13;3-2(4,5)1(6)7/h3-5,15-17H,6-10H2,1-2H3,(H,19,22);(H,6,7)/t15-,16+,17-;/m1./s1. The zero-order valence-electron chi connectivity index (χ0n) is 17.5. The predicted octanol–water partition coefficient (Wildman–Crippen LogP) is 2.28. The number of aromatic nitrogens is 1. The Morgan fingerprint density at radius 2 is 2.03 bits per heavy atom. The lowest BCUT2D eigenvalue weighted by atomic mass is 9.92. The van der Waals surface area contributed by atoms with Gasteiger partial charge in [0.05, 0.1) is 37.1 Å². The molecule has 2 aromatic heterocycles. The number of hydrogen-bond acceptors (Lipinski definition) is 7. The fourth-order valence-electron chi connectivity index (χ4n) is 3.86. The minimum atomic E-state index is -5.08. The maximum Gasteiger partial charge on any atom is 0.490 e. The van der Waals surface area contributed by atoms with Gasteiger partial charge in [0, 0.05) is 31.1 Å². The molecule has 176 valence electrons. The number of amides is 1. The Labute approximate surface area is 181 Å². The van der Waals surface area contributed by atoms with Crippen molar-refractivity contribution in [2.24, 2.45) is 11.8 Å². The molecule has 4 heterocycles. The van der Waals surface area contributed by atoms with Crippen molar-refractivity contribution in [2.75, 3.05) is 19.7 Å². The highest BCUT2D eigenvalue weighted by atomic mass is 19.4. The topological polar surface area (TPSA) is 118 Å². The van der Waals surface area contributed by atoms with Crippen LogP contribution in [0, 0.1) is 25.7 Å². The Morgan fingerprint density at radius 3 is 2.59 bits per heavy atom. The molecule has 9 nitrogen and oxygen atoms in total. The van der Waals surface area contributed by atoms with Crippen LogP contribution in [0.4, 0.5) is 13.2 Å². The van der Waals surface area contributed by atoms with Gasteiger partial charge in [-0.25, -0.2) is 4.79 Å². The second kappa shape index (κ2) is 9.74. The molecule has 2 aliphatic rings. The molecule has 2 aliphatic heterocycles. The molecule has 3 atom stereocenters. The smallest absolute Gasteiger partial charge is 0.475 e. The van der Waals surface area contributed by atoms with E-state index in [0.29, 0.717) is 13.2 Å². The number of carbonyl (C=O) groups is 2. The maximum atomic E-state index is 12.5. The number of alkyl halides is 3. The molecule has 0 spiro atoms. The number of ether oxygens (including phenoxy) is 1. The second-order valence-electron chi connectivity index (χ2n) is 7.74. The molecule has 0 aliphatic carbocycles. The third-order valence-corrected chi connectivity index (χ3v) is 5.55. The lowest BCUT2D eigenvalue weighted by Gasteiger charge is -2.19. The molecule has 0 bridgehead atoms. The molecule has 2 fully saturated rings. The number of likely N-dealkylation sites (tertiary alicyclic amines) is 1. The summed E-state index contributed by atoms with van der Waals surface area (Å²) in [5.41, 5.74) is 2.07. The Balaban J connectivity index is 0.000000360. The highest BCUT2D eigenvalue weighted by Gasteiger charge is 2.46. The summed E-state index contributed by atoms with van der Waals surface area (Å²) in [6.07, 6.45) is -3.35. The van der Waals surface area contributed by atoms with E-state index in [4.69, 9.17) is 23.6 Å². The summed E-state index contributed by atoms with van der Waals surface area (Å²) in [6, 6.07) is 3.68. The summed E-state index contributed by atoms with van der Waals surface area (Å²) >= 11 is 0. The predicted molar refractivity (Wildman–Crippen MR) is 102 cm³/mol. The van der Waals surface area contributed by atoms with E-state index in [1.807, 2.05) is 26.0 Å². The van der Waals surface area contributed by atoms with Gasteiger partial charge < -0.3 is 24.1 Å². The van der Waals surface area contributed by atoms with Crippen LogP contribution in [0.2, 0.25) is 0 Å². The molecular formula is C20H24F3N3O6. The molecule has 0 unspecified atom stereocenters. The van der Waals surface area contributed by atoms with Gasteiger partial charge in [0.2, 0.25) is 5.91 Å². The van der Waals surface area contributed by atoms with Crippen LogP contribution >= 0.6 is 0 Å². The quantitative estimate of drug-likeness (QED) is 0.699. The summed E-state index contributed by atoms with van der Waals surface area (Å²) in [5.74, 6) is -0.958. The van der Waals surface area contributed by atoms with E-state index in [1.54, 1.807) is 6.26 Å². The number of hydrogen-bond donors (Lipinski definition) is 2. The van der Waals surface area contributed by atoms with Gasteiger partial charge >= 0.3 is 12.1 Å². The first-order valence-electron chi connectivity index (χ1n) is 9.92. The Morgan fingerprint density at radius 1 is 1.31 bits per heavy atom. The number of carbonyl (C=O) groups excluding carboxylic acids is 1. The van der Waals surface area contributed by atoms with Gasteiger partial charge in [0.25, 0.3) is 0 Å². The summed E-state index contributed by atoms with van der Waals surface area (Å²) in [7, 11) is 0. The summed E-state index contributed by atoms with van der Waals surface area (Å²) in [5, 5.41) is 14.1. The monoisotopic (exact) mass is 459 g/mol. The van der Waals surface area contributed by atoms with Gasteiger partial charge in [-0.05, 0) is 26.0 Å². The van der Waals surface area contributed by atoms with E-state index < -0.39 is 12.1 Å². The highest BCUT2D eigenvalue weighted by Crippen LogP contribution is 2.35. The largest absolute Gasteiger partial charge is 0.490 e. The normalized spacial score (nSPS) is 22.8. The van der Waals surface area contributed by atoms with Crippen LogP contribution in [-0.4, -0.2) is 59.0 Å². The zero-order chi connectivity index (χ0) is 23.5. The van der Waals surface area contributed by atoms with Crippen molar-refractivity contribution < 1.29 is 41.5 Å². The van der Waals surface area contributed by atoms with Crippen molar-refractivity contribution in [3.8, 4) is 0 Å². The first kappa shape index (κ1) is 23.8. The third-order valence-electron chi connectivity index (χ3n) is 5.55. The molecule has 0 radical (unpaired) electrons. The fourth-order valence-corrected chi connectivity index (χ4v) is 3.86.